The van der Waals surface area contributed by atoms with Gasteiger partial charge < -0.3 is 15.5 Å². The van der Waals surface area contributed by atoms with Crippen LogP contribution in [0.15, 0.2) is 18.2 Å². The van der Waals surface area contributed by atoms with E-state index in [1.165, 1.54) is 19.1 Å². The molecule has 0 radical (unpaired) electrons. The van der Waals surface area contributed by atoms with E-state index in [4.69, 9.17) is 16.7 Å². The van der Waals surface area contributed by atoms with Gasteiger partial charge in [-0.25, -0.2) is 4.79 Å². The summed E-state index contributed by atoms with van der Waals surface area (Å²) >= 11 is 6.08. The van der Waals surface area contributed by atoms with Crippen LogP contribution in [-0.2, 0) is 15.2 Å². The number of anilines is 1. The molecule has 0 heterocycles. The zero-order valence-electron chi connectivity index (χ0n) is 11.4. The van der Waals surface area contributed by atoms with Crippen molar-refractivity contribution in [2.75, 3.05) is 5.32 Å². The molecule has 6 heteroatoms. The van der Waals surface area contributed by atoms with Crippen LogP contribution in [0.1, 0.15) is 31.9 Å². The molecule has 0 aliphatic heterocycles. The third kappa shape index (κ3) is 4.36. The molecular formula is C14H16ClNO4. The lowest BCUT2D eigenvalue weighted by Gasteiger charge is -2.21. The van der Waals surface area contributed by atoms with E-state index in [0.29, 0.717) is 16.8 Å². The second-order valence-corrected chi connectivity index (χ2v) is 5.24. The first-order chi connectivity index (χ1) is 9.11. The van der Waals surface area contributed by atoms with Gasteiger partial charge in [0.05, 0.1) is 5.60 Å². The number of carbonyl (C=O) groups excluding carboxylic acids is 1. The number of benzene rings is 1. The van der Waals surface area contributed by atoms with E-state index in [-0.39, 0.29) is 10.9 Å². The zero-order chi connectivity index (χ0) is 15.5. The number of amides is 1. The Morgan fingerprint density at radius 2 is 1.95 bits per heavy atom. The van der Waals surface area contributed by atoms with Gasteiger partial charge in [0.1, 0.15) is 0 Å². The third-order valence-corrected chi connectivity index (χ3v) is 2.83. The summed E-state index contributed by atoms with van der Waals surface area (Å²) in [5.74, 6) is -1.42. The van der Waals surface area contributed by atoms with Crippen molar-refractivity contribution in [1.29, 1.82) is 0 Å². The maximum Gasteiger partial charge on any atom is 0.328 e. The number of nitrogens with one attached hydrogen (secondary N) is 1. The van der Waals surface area contributed by atoms with Crippen molar-refractivity contribution >= 4 is 35.2 Å². The van der Waals surface area contributed by atoms with E-state index in [1.54, 1.807) is 19.9 Å². The fourth-order valence-electron chi connectivity index (χ4n) is 1.66. The lowest BCUT2D eigenvalue weighted by atomic mass is 9.95. The van der Waals surface area contributed by atoms with E-state index in [1.807, 2.05) is 0 Å². The van der Waals surface area contributed by atoms with Gasteiger partial charge in [-0.3, -0.25) is 4.79 Å². The molecule has 0 atom stereocenters. The molecule has 5 nitrogen and oxygen atoms in total. The quantitative estimate of drug-likeness (QED) is 0.746. The molecule has 0 spiro atoms. The van der Waals surface area contributed by atoms with E-state index in [0.717, 1.165) is 6.08 Å². The van der Waals surface area contributed by atoms with Gasteiger partial charge in [-0.05, 0) is 37.6 Å². The maximum atomic E-state index is 11.2. The molecule has 0 bridgehead atoms. The number of hydrogen-bond acceptors (Lipinski definition) is 3. The average Bonchev–Trinajstić information content (AvgIpc) is 2.24. The van der Waals surface area contributed by atoms with E-state index < -0.39 is 11.6 Å². The first-order valence-corrected chi connectivity index (χ1v) is 6.24. The molecule has 20 heavy (non-hydrogen) atoms. The molecule has 0 aliphatic rings. The second kappa shape index (κ2) is 6.07. The van der Waals surface area contributed by atoms with Gasteiger partial charge in [-0.2, -0.15) is 0 Å². The highest BCUT2D eigenvalue weighted by Gasteiger charge is 2.21. The van der Waals surface area contributed by atoms with Crippen LogP contribution in [0, 0.1) is 0 Å². The Kier molecular flexibility index (Phi) is 4.92. The number of carbonyl (C=O) groups is 2. The summed E-state index contributed by atoms with van der Waals surface area (Å²) in [7, 11) is 0. The summed E-state index contributed by atoms with van der Waals surface area (Å²) in [6.45, 7) is 4.47. The molecule has 0 saturated heterocycles. The van der Waals surface area contributed by atoms with Gasteiger partial charge in [-0.1, -0.05) is 11.6 Å². The number of carboxylic acid groups (broad SMARTS) is 1. The van der Waals surface area contributed by atoms with Gasteiger partial charge in [-0.15, -0.1) is 0 Å². The molecule has 0 aromatic heterocycles. The average molecular weight is 298 g/mol. The smallest absolute Gasteiger partial charge is 0.328 e. The van der Waals surface area contributed by atoms with Crippen LogP contribution in [0.25, 0.3) is 6.08 Å². The van der Waals surface area contributed by atoms with Crippen molar-refractivity contribution < 1.29 is 19.8 Å². The highest BCUT2D eigenvalue weighted by atomic mass is 35.5. The van der Waals surface area contributed by atoms with E-state index in [2.05, 4.69) is 5.32 Å². The summed E-state index contributed by atoms with van der Waals surface area (Å²) in [5.41, 5.74) is 0.0907. The van der Waals surface area contributed by atoms with Crippen molar-refractivity contribution in [2.45, 2.75) is 26.4 Å². The number of rotatable bonds is 4. The SMILES string of the molecule is CC(=O)Nc1cc(Cl)c(C(C)(C)O)cc1/C=C/C(=O)O. The summed E-state index contributed by atoms with van der Waals surface area (Å²) in [4.78, 5) is 21.8. The van der Waals surface area contributed by atoms with Crippen LogP contribution in [0.2, 0.25) is 5.02 Å². The summed E-state index contributed by atoms with van der Waals surface area (Å²) in [6, 6.07) is 3.03. The molecule has 1 amide bonds. The van der Waals surface area contributed by atoms with Crippen molar-refractivity contribution in [3.63, 3.8) is 0 Å². The van der Waals surface area contributed by atoms with Gasteiger partial charge in [0, 0.05) is 29.3 Å². The predicted molar refractivity (Wildman–Crippen MR) is 77.7 cm³/mol. The van der Waals surface area contributed by atoms with Crippen molar-refractivity contribution in [2.24, 2.45) is 0 Å². The van der Waals surface area contributed by atoms with Crippen molar-refractivity contribution in [3.8, 4) is 0 Å². The third-order valence-electron chi connectivity index (χ3n) is 2.51. The molecule has 108 valence electrons. The number of aliphatic hydroxyl groups is 1. The number of hydrogen-bond donors (Lipinski definition) is 3. The van der Waals surface area contributed by atoms with Crippen LogP contribution < -0.4 is 5.32 Å². The molecule has 3 N–H and O–H groups in total. The Labute approximate surface area is 121 Å². The Hall–Kier alpha value is -1.85. The Bertz CT molecular complexity index is 573. The van der Waals surface area contributed by atoms with Crippen LogP contribution >= 0.6 is 11.6 Å². The second-order valence-electron chi connectivity index (χ2n) is 4.83. The monoisotopic (exact) mass is 297 g/mol. The number of carboxylic acids is 1. The molecular weight excluding hydrogens is 282 g/mol. The van der Waals surface area contributed by atoms with Gasteiger partial charge in [0.15, 0.2) is 0 Å². The Balaban J connectivity index is 3.41. The lowest BCUT2D eigenvalue weighted by Crippen LogP contribution is -2.17. The minimum absolute atomic E-state index is 0.286. The maximum absolute atomic E-state index is 11.2. The summed E-state index contributed by atoms with van der Waals surface area (Å²) < 4.78 is 0. The first kappa shape index (κ1) is 16.2. The Morgan fingerprint density at radius 3 is 2.40 bits per heavy atom. The summed E-state index contributed by atoms with van der Waals surface area (Å²) in [6.07, 6.45) is 2.28. The molecule has 1 rings (SSSR count). The number of aliphatic carboxylic acids is 1. The minimum atomic E-state index is -1.18. The molecule has 0 aliphatic carbocycles. The highest BCUT2D eigenvalue weighted by Crippen LogP contribution is 2.33. The lowest BCUT2D eigenvalue weighted by molar-refractivity contribution is -0.131. The predicted octanol–water partition coefficient (Wildman–Crippen LogP) is 2.62. The van der Waals surface area contributed by atoms with Crippen molar-refractivity contribution in [3.05, 3.63) is 34.4 Å². The van der Waals surface area contributed by atoms with Crippen LogP contribution in [-0.4, -0.2) is 22.1 Å². The van der Waals surface area contributed by atoms with Crippen LogP contribution in [0.5, 0.6) is 0 Å². The highest BCUT2D eigenvalue weighted by molar-refractivity contribution is 6.32. The molecule has 1 aromatic rings. The van der Waals surface area contributed by atoms with Gasteiger partial charge in [0.2, 0.25) is 5.91 Å². The Morgan fingerprint density at radius 1 is 1.35 bits per heavy atom. The minimum Gasteiger partial charge on any atom is -0.478 e. The van der Waals surface area contributed by atoms with Gasteiger partial charge >= 0.3 is 5.97 Å². The first-order valence-electron chi connectivity index (χ1n) is 5.86. The summed E-state index contributed by atoms with van der Waals surface area (Å²) in [5, 5.41) is 21.6. The molecule has 0 saturated carbocycles. The van der Waals surface area contributed by atoms with E-state index >= 15 is 0 Å². The van der Waals surface area contributed by atoms with Gasteiger partial charge in [0.25, 0.3) is 0 Å². The van der Waals surface area contributed by atoms with Crippen LogP contribution in [0.3, 0.4) is 0 Å². The standard InChI is InChI=1S/C14H16ClNO4/c1-8(17)16-12-7-11(15)10(14(2,3)20)6-9(12)4-5-13(18)19/h4-7,20H,1-3H3,(H,16,17)(H,18,19)/b5-4+. The fourth-order valence-corrected chi connectivity index (χ4v) is 2.05. The fraction of sp³-hybridized carbons (Fsp3) is 0.286. The topological polar surface area (TPSA) is 86.6 Å². The zero-order valence-corrected chi connectivity index (χ0v) is 12.2. The van der Waals surface area contributed by atoms with E-state index in [9.17, 15) is 14.7 Å². The number of halogens is 1. The largest absolute Gasteiger partial charge is 0.478 e. The molecule has 0 fully saturated rings. The van der Waals surface area contributed by atoms with Crippen LogP contribution in [0.4, 0.5) is 5.69 Å². The normalized spacial score (nSPS) is 11.7. The molecule has 0 unspecified atom stereocenters. The van der Waals surface area contributed by atoms with Crippen molar-refractivity contribution in [1.82, 2.24) is 0 Å². The molecule has 1 aromatic carbocycles.